The van der Waals surface area contributed by atoms with Gasteiger partial charge in [0.15, 0.2) is 0 Å². The molecular weight excluding hydrogens is 152 g/mol. The fourth-order valence-electron chi connectivity index (χ4n) is 0.683. The Morgan fingerprint density at radius 3 is 2.42 bits per heavy atom. The number of ether oxygens (including phenoxy) is 1. The van der Waals surface area contributed by atoms with Gasteiger partial charge in [0.2, 0.25) is 0 Å². The van der Waals surface area contributed by atoms with E-state index in [1.165, 1.54) is 12.2 Å². The van der Waals surface area contributed by atoms with Crippen LogP contribution in [0.5, 0.6) is 0 Å². The number of aliphatic hydroxyl groups is 1. The Morgan fingerprint density at radius 2 is 2.00 bits per heavy atom. The second-order valence-corrected chi connectivity index (χ2v) is 2.81. The smallest absolute Gasteiger partial charge is 0.124 e. The van der Waals surface area contributed by atoms with E-state index < -0.39 is 5.60 Å². The number of hydrogen-bond acceptors (Lipinski definition) is 2. The molecule has 0 saturated carbocycles. The zero-order valence-corrected chi connectivity index (χ0v) is 7.75. The van der Waals surface area contributed by atoms with Crippen molar-refractivity contribution in [3.63, 3.8) is 0 Å². The van der Waals surface area contributed by atoms with Crippen LogP contribution in [0, 0.1) is 0 Å². The lowest BCUT2D eigenvalue weighted by Crippen LogP contribution is -2.29. The fraction of sp³-hybridized carbons (Fsp3) is 0.600. The summed E-state index contributed by atoms with van der Waals surface area (Å²) in [5.74, 6) is 0. The predicted octanol–water partition coefficient (Wildman–Crippen LogP) is 1.91. The number of hydrogen-bond donors (Lipinski definition) is 1. The normalized spacial score (nSPS) is 11.2. The van der Waals surface area contributed by atoms with E-state index in [1.807, 2.05) is 0 Å². The van der Waals surface area contributed by atoms with E-state index in [0.29, 0.717) is 6.61 Å². The highest BCUT2D eigenvalue weighted by Crippen LogP contribution is 2.07. The molecule has 12 heavy (non-hydrogen) atoms. The third-order valence-electron chi connectivity index (χ3n) is 1.68. The summed E-state index contributed by atoms with van der Waals surface area (Å²) in [6.45, 7) is 10.0. The molecule has 0 aromatic heterocycles. The fourth-order valence-corrected chi connectivity index (χ4v) is 0.683. The van der Waals surface area contributed by atoms with E-state index >= 15 is 0 Å². The highest BCUT2D eigenvalue weighted by molar-refractivity contribution is 5.08. The molecule has 0 aromatic carbocycles. The standard InChI is InChI=1S/C10H18O2/c1-4-7-8-12-9-10(11,5-2)6-3/h5-6,11H,2-4,7-9H2,1H3. The van der Waals surface area contributed by atoms with E-state index in [-0.39, 0.29) is 6.61 Å². The second kappa shape index (κ2) is 5.98. The van der Waals surface area contributed by atoms with Gasteiger partial charge >= 0.3 is 0 Å². The Bertz CT molecular complexity index is 133. The molecule has 0 aliphatic carbocycles. The number of unbranched alkanes of at least 4 members (excludes halogenated alkanes) is 1. The van der Waals surface area contributed by atoms with E-state index in [9.17, 15) is 5.11 Å². The molecule has 2 heteroatoms. The second-order valence-electron chi connectivity index (χ2n) is 2.81. The summed E-state index contributed by atoms with van der Waals surface area (Å²) in [6.07, 6.45) is 4.99. The quantitative estimate of drug-likeness (QED) is 0.467. The van der Waals surface area contributed by atoms with Gasteiger partial charge in [-0.1, -0.05) is 38.7 Å². The Kier molecular flexibility index (Phi) is 5.68. The Balaban J connectivity index is 3.58. The predicted molar refractivity (Wildman–Crippen MR) is 51.1 cm³/mol. The first kappa shape index (κ1) is 11.4. The molecule has 0 heterocycles. The molecule has 0 aliphatic rings. The van der Waals surface area contributed by atoms with Gasteiger partial charge in [0.1, 0.15) is 5.60 Å². The van der Waals surface area contributed by atoms with Crippen molar-refractivity contribution in [3.05, 3.63) is 25.3 Å². The van der Waals surface area contributed by atoms with Gasteiger partial charge in [0.25, 0.3) is 0 Å². The van der Waals surface area contributed by atoms with Crippen molar-refractivity contribution in [1.29, 1.82) is 0 Å². The molecular formula is C10H18O2. The molecule has 0 fully saturated rings. The highest BCUT2D eigenvalue weighted by Gasteiger charge is 2.17. The van der Waals surface area contributed by atoms with Crippen molar-refractivity contribution >= 4 is 0 Å². The molecule has 2 nitrogen and oxygen atoms in total. The first-order valence-corrected chi connectivity index (χ1v) is 4.26. The summed E-state index contributed by atoms with van der Waals surface area (Å²) in [5, 5.41) is 9.57. The molecule has 0 rings (SSSR count). The molecule has 0 spiro atoms. The zero-order valence-electron chi connectivity index (χ0n) is 7.75. The van der Waals surface area contributed by atoms with E-state index in [0.717, 1.165) is 12.8 Å². The average molecular weight is 170 g/mol. The van der Waals surface area contributed by atoms with Crippen molar-refractivity contribution in [2.24, 2.45) is 0 Å². The van der Waals surface area contributed by atoms with Crippen LogP contribution in [0.2, 0.25) is 0 Å². The van der Waals surface area contributed by atoms with E-state index in [2.05, 4.69) is 20.1 Å². The lowest BCUT2D eigenvalue weighted by molar-refractivity contribution is 0.0161. The minimum Gasteiger partial charge on any atom is -0.379 e. The average Bonchev–Trinajstić information content (AvgIpc) is 2.12. The Labute approximate surface area is 74.6 Å². The van der Waals surface area contributed by atoms with Gasteiger partial charge < -0.3 is 9.84 Å². The summed E-state index contributed by atoms with van der Waals surface area (Å²) in [7, 11) is 0. The van der Waals surface area contributed by atoms with Gasteiger partial charge in [0, 0.05) is 6.61 Å². The minimum atomic E-state index is -1.06. The molecule has 0 bridgehead atoms. The van der Waals surface area contributed by atoms with Crippen LogP contribution in [0.4, 0.5) is 0 Å². The van der Waals surface area contributed by atoms with Gasteiger partial charge in [-0.05, 0) is 6.42 Å². The third-order valence-corrected chi connectivity index (χ3v) is 1.68. The van der Waals surface area contributed by atoms with Gasteiger partial charge in [-0.15, -0.1) is 0 Å². The topological polar surface area (TPSA) is 29.5 Å². The molecule has 0 unspecified atom stereocenters. The van der Waals surface area contributed by atoms with Crippen molar-refractivity contribution in [1.82, 2.24) is 0 Å². The van der Waals surface area contributed by atoms with Gasteiger partial charge in [-0.25, -0.2) is 0 Å². The summed E-state index contributed by atoms with van der Waals surface area (Å²) in [6, 6.07) is 0. The summed E-state index contributed by atoms with van der Waals surface area (Å²) in [4.78, 5) is 0. The Morgan fingerprint density at radius 1 is 1.42 bits per heavy atom. The van der Waals surface area contributed by atoms with Crippen molar-refractivity contribution in [2.45, 2.75) is 25.4 Å². The molecule has 0 aromatic rings. The Hall–Kier alpha value is -0.600. The van der Waals surface area contributed by atoms with Gasteiger partial charge in [-0.3, -0.25) is 0 Å². The molecule has 0 aliphatic heterocycles. The first-order valence-electron chi connectivity index (χ1n) is 4.26. The van der Waals surface area contributed by atoms with Crippen LogP contribution in [0.1, 0.15) is 19.8 Å². The highest BCUT2D eigenvalue weighted by atomic mass is 16.5. The van der Waals surface area contributed by atoms with Crippen molar-refractivity contribution < 1.29 is 9.84 Å². The van der Waals surface area contributed by atoms with Crippen LogP contribution in [-0.4, -0.2) is 23.9 Å². The summed E-state index contributed by atoms with van der Waals surface area (Å²) >= 11 is 0. The summed E-state index contributed by atoms with van der Waals surface area (Å²) < 4.78 is 5.23. The third kappa shape index (κ3) is 4.31. The monoisotopic (exact) mass is 170 g/mol. The molecule has 0 atom stereocenters. The first-order chi connectivity index (χ1) is 5.68. The maximum Gasteiger partial charge on any atom is 0.124 e. The lowest BCUT2D eigenvalue weighted by atomic mass is 10.1. The maximum absolute atomic E-state index is 9.57. The molecule has 70 valence electrons. The van der Waals surface area contributed by atoms with Crippen LogP contribution in [0.3, 0.4) is 0 Å². The van der Waals surface area contributed by atoms with Crippen LogP contribution in [-0.2, 0) is 4.74 Å². The molecule has 1 N–H and O–H groups in total. The van der Waals surface area contributed by atoms with Crippen LogP contribution in [0.15, 0.2) is 25.3 Å². The molecule has 0 radical (unpaired) electrons. The molecule has 0 saturated heterocycles. The SMILES string of the molecule is C=CC(O)(C=C)COCCCC. The minimum absolute atomic E-state index is 0.250. The van der Waals surface area contributed by atoms with Crippen LogP contribution in [0.25, 0.3) is 0 Å². The van der Waals surface area contributed by atoms with E-state index in [1.54, 1.807) is 0 Å². The maximum atomic E-state index is 9.57. The van der Waals surface area contributed by atoms with Crippen LogP contribution >= 0.6 is 0 Å². The largest absolute Gasteiger partial charge is 0.379 e. The number of rotatable bonds is 7. The van der Waals surface area contributed by atoms with Crippen molar-refractivity contribution in [3.8, 4) is 0 Å². The lowest BCUT2D eigenvalue weighted by Gasteiger charge is -2.19. The van der Waals surface area contributed by atoms with Crippen LogP contribution < -0.4 is 0 Å². The van der Waals surface area contributed by atoms with Crippen molar-refractivity contribution in [2.75, 3.05) is 13.2 Å². The van der Waals surface area contributed by atoms with Gasteiger partial charge in [-0.2, -0.15) is 0 Å². The summed E-state index contributed by atoms with van der Waals surface area (Å²) in [5.41, 5.74) is -1.06. The zero-order chi connectivity index (χ0) is 9.45. The van der Waals surface area contributed by atoms with Gasteiger partial charge in [0.05, 0.1) is 6.61 Å². The van der Waals surface area contributed by atoms with E-state index in [4.69, 9.17) is 4.74 Å². The molecule has 0 amide bonds.